The second-order valence-corrected chi connectivity index (χ2v) is 8.90. The van der Waals surface area contributed by atoms with Gasteiger partial charge in [-0.1, -0.05) is 6.07 Å². The summed E-state index contributed by atoms with van der Waals surface area (Å²) >= 11 is 1.24. The normalized spacial score (nSPS) is 17.2. The number of amides is 1. The van der Waals surface area contributed by atoms with E-state index in [9.17, 15) is 18.0 Å². The van der Waals surface area contributed by atoms with Crippen molar-refractivity contribution in [1.82, 2.24) is 9.97 Å². The fourth-order valence-electron chi connectivity index (χ4n) is 4.02. The maximum atomic E-state index is 13.0. The topological polar surface area (TPSA) is 58.1 Å². The quantitative estimate of drug-likeness (QED) is 0.537. The van der Waals surface area contributed by atoms with Crippen LogP contribution in [0.3, 0.4) is 0 Å². The summed E-state index contributed by atoms with van der Waals surface area (Å²) in [6, 6.07) is 4.98. The maximum absolute atomic E-state index is 13.0. The molecule has 0 unspecified atom stereocenters. The summed E-state index contributed by atoms with van der Waals surface area (Å²) in [6.45, 7) is 6.74. The van der Waals surface area contributed by atoms with E-state index in [0.29, 0.717) is 21.6 Å². The minimum atomic E-state index is -4.47. The molecule has 1 aliphatic rings. The van der Waals surface area contributed by atoms with Crippen molar-refractivity contribution in [1.29, 1.82) is 0 Å². The number of halogens is 3. The third-order valence-corrected chi connectivity index (χ3v) is 6.80. The molecule has 164 valence electrons. The molecule has 1 aromatic carbocycles. The largest absolute Gasteiger partial charge is 0.416 e. The zero-order valence-electron chi connectivity index (χ0n) is 17.5. The van der Waals surface area contributed by atoms with Crippen LogP contribution in [0.1, 0.15) is 52.8 Å². The molecule has 1 atom stereocenters. The van der Waals surface area contributed by atoms with E-state index in [1.807, 2.05) is 13.8 Å². The first-order valence-corrected chi connectivity index (χ1v) is 11.0. The molecule has 2 aromatic heterocycles. The highest BCUT2D eigenvalue weighted by atomic mass is 32.1. The van der Waals surface area contributed by atoms with Gasteiger partial charge in [0.05, 0.1) is 15.8 Å². The van der Waals surface area contributed by atoms with E-state index in [0.717, 1.165) is 48.3 Å². The highest BCUT2D eigenvalue weighted by Gasteiger charge is 2.31. The Morgan fingerprint density at radius 3 is 2.71 bits per heavy atom. The van der Waals surface area contributed by atoms with Crippen molar-refractivity contribution in [2.45, 2.75) is 52.3 Å². The Morgan fingerprint density at radius 2 is 2.00 bits per heavy atom. The Bertz CT molecular complexity index is 1140. The molecule has 3 aromatic rings. The fraction of sp³-hybridized carbons (Fsp3) is 0.409. The van der Waals surface area contributed by atoms with E-state index in [1.54, 1.807) is 0 Å². The van der Waals surface area contributed by atoms with E-state index >= 15 is 0 Å². The van der Waals surface area contributed by atoms with Crippen LogP contribution in [0.2, 0.25) is 0 Å². The molecule has 0 saturated carbocycles. The van der Waals surface area contributed by atoms with E-state index in [1.165, 1.54) is 29.9 Å². The van der Waals surface area contributed by atoms with E-state index in [2.05, 4.69) is 22.1 Å². The van der Waals surface area contributed by atoms with Crippen LogP contribution in [0, 0.1) is 13.8 Å². The third kappa shape index (κ3) is 4.23. The molecule has 1 amide bonds. The number of alkyl halides is 3. The maximum Gasteiger partial charge on any atom is 0.416 e. The number of carbonyl (C=O) groups excluding carboxylic acids is 1. The number of fused-ring (bicyclic) bond motifs is 1. The molecule has 0 aliphatic carbocycles. The van der Waals surface area contributed by atoms with Gasteiger partial charge in [0.15, 0.2) is 0 Å². The summed E-state index contributed by atoms with van der Waals surface area (Å²) in [5, 5.41) is 3.45. The highest BCUT2D eigenvalue weighted by Crippen LogP contribution is 2.38. The second kappa shape index (κ2) is 8.11. The summed E-state index contributed by atoms with van der Waals surface area (Å²) in [7, 11) is 0. The van der Waals surface area contributed by atoms with Crippen LogP contribution in [0.25, 0.3) is 10.2 Å². The lowest BCUT2D eigenvalue weighted by Crippen LogP contribution is -2.38. The summed E-state index contributed by atoms with van der Waals surface area (Å²) < 4.78 is 39.0. The van der Waals surface area contributed by atoms with Crippen molar-refractivity contribution in [2.24, 2.45) is 0 Å². The first-order valence-electron chi connectivity index (χ1n) is 10.2. The number of nitrogens with one attached hydrogen (secondary N) is 1. The molecule has 0 spiro atoms. The van der Waals surface area contributed by atoms with Crippen LogP contribution in [-0.2, 0) is 6.18 Å². The van der Waals surface area contributed by atoms with Gasteiger partial charge in [-0.05, 0) is 63.8 Å². The van der Waals surface area contributed by atoms with Gasteiger partial charge in [0.2, 0.25) is 0 Å². The van der Waals surface area contributed by atoms with Gasteiger partial charge in [-0.15, -0.1) is 11.3 Å². The number of rotatable bonds is 3. The van der Waals surface area contributed by atoms with Gasteiger partial charge in [0, 0.05) is 18.3 Å². The highest BCUT2D eigenvalue weighted by molar-refractivity contribution is 7.20. The Labute approximate surface area is 182 Å². The summed E-state index contributed by atoms with van der Waals surface area (Å²) in [4.78, 5) is 25.6. The van der Waals surface area contributed by atoms with Gasteiger partial charge < -0.3 is 10.2 Å². The predicted octanol–water partition coefficient (Wildman–Crippen LogP) is 5.96. The molecule has 3 heterocycles. The third-order valence-electron chi connectivity index (χ3n) is 5.61. The Balaban J connectivity index is 1.71. The summed E-state index contributed by atoms with van der Waals surface area (Å²) in [6.07, 6.45) is -1.13. The van der Waals surface area contributed by atoms with Crippen LogP contribution in [-0.4, -0.2) is 28.5 Å². The Hall–Kier alpha value is -2.68. The second-order valence-electron chi connectivity index (χ2n) is 7.90. The Morgan fingerprint density at radius 1 is 1.23 bits per heavy atom. The summed E-state index contributed by atoms with van der Waals surface area (Å²) in [5.41, 5.74) is 0.0438. The molecular formula is C22H23F3N4OS. The van der Waals surface area contributed by atoms with Gasteiger partial charge in [-0.3, -0.25) is 4.79 Å². The zero-order chi connectivity index (χ0) is 22.3. The number of anilines is 2. The lowest BCUT2D eigenvalue weighted by atomic mass is 10.0. The fourth-order valence-corrected chi connectivity index (χ4v) is 5.14. The predicted molar refractivity (Wildman–Crippen MR) is 117 cm³/mol. The Kier molecular flexibility index (Phi) is 5.63. The number of hydrogen-bond donors (Lipinski definition) is 1. The SMILES string of the molecule is Cc1nc(N2CCCC[C@@H]2C)c2c(C)c(C(=O)Nc3cccc(C(F)(F)F)c3)sc2n1. The molecular weight excluding hydrogens is 425 g/mol. The molecule has 0 bridgehead atoms. The molecule has 1 saturated heterocycles. The van der Waals surface area contributed by atoms with Crippen LogP contribution in [0.15, 0.2) is 24.3 Å². The average molecular weight is 449 g/mol. The van der Waals surface area contributed by atoms with E-state index in [4.69, 9.17) is 4.98 Å². The molecule has 4 rings (SSSR count). The van der Waals surface area contributed by atoms with E-state index in [-0.39, 0.29) is 5.69 Å². The minimum absolute atomic E-state index is 0.101. The van der Waals surface area contributed by atoms with Crippen LogP contribution < -0.4 is 10.2 Å². The van der Waals surface area contributed by atoms with Gasteiger partial charge in [0.1, 0.15) is 16.5 Å². The molecule has 9 heteroatoms. The van der Waals surface area contributed by atoms with Crippen molar-refractivity contribution < 1.29 is 18.0 Å². The monoisotopic (exact) mass is 448 g/mol. The van der Waals surface area contributed by atoms with Crippen molar-refractivity contribution in [3.63, 3.8) is 0 Å². The number of benzene rings is 1. The zero-order valence-corrected chi connectivity index (χ0v) is 18.3. The molecule has 5 nitrogen and oxygen atoms in total. The number of thiophene rings is 1. The number of carbonyl (C=O) groups is 1. The molecule has 31 heavy (non-hydrogen) atoms. The van der Waals surface area contributed by atoms with Crippen LogP contribution in [0.5, 0.6) is 0 Å². The number of hydrogen-bond acceptors (Lipinski definition) is 5. The number of aryl methyl sites for hydroxylation is 2. The lowest BCUT2D eigenvalue weighted by Gasteiger charge is -2.35. The number of nitrogens with zero attached hydrogens (tertiary/aromatic N) is 3. The average Bonchev–Trinajstić information content (AvgIpc) is 3.04. The van der Waals surface area contributed by atoms with Crippen molar-refractivity contribution in [2.75, 3.05) is 16.8 Å². The van der Waals surface area contributed by atoms with Gasteiger partial charge in [-0.2, -0.15) is 13.2 Å². The summed E-state index contributed by atoms with van der Waals surface area (Å²) in [5.74, 6) is 1.02. The van der Waals surface area contributed by atoms with Crippen molar-refractivity contribution in [3.05, 3.63) is 46.1 Å². The van der Waals surface area contributed by atoms with Gasteiger partial charge >= 0.3 is 6.18 Å². The molecule has 1 fully saturated rings. The van der Waals surface area contributed by atoms with Crippen molar-refractivity contribution in [3.8, 4) is 0 Å². The molecule has 1 aliphatic heterocycles. The van der Waals surface area contributed by atoms with E-state index < -0.39 is 17.6 Å². The first kappa shape index (κ1) is 21.5. The van der Waals surface area contributed by atoms with Gasteiger partial charge in [-0.25, -0.2) is 9.97 Å². The standard InChI is InChI=1S/C22H23F3N4OS/c1-12-7-4-5-10-29(12)19-17-13(2)18(31-21(17)27-14(3)26-19)20(30)28-16-9-6-8-15(11-16)22(23,24)25/h6,8-9,11-12H,4-5,7,10H2,1-3H3,(H,28,30)/t12-/m0/s1. The minimum Gasteiger partial charge on any atom is -0.353 e. The molecule has 1 N–H and O–H groups in total. The van der Waals surface area contributed by atoms with Crippen molar-refractivity contribution >= 4 is 39.0 Å². The van der Waals surface area contributed by atoms with Crippen LogP contribution >= 0.6 is 11.3 Å². The van der Waals surface area contributed by atoms with Gasteiger partial charge in [0.25, 0.3) is 5.91 Å². The molecule has 0 radical (unpaired) electrons. The first-order chi connectivity index (χ1) is 14.6. The smallest absolute Gasteiger partial charge is 0.353 e. The number of piperidine rings is 1. The van der Waals surface area contributed by atoms with Crippen LogP contribution in [0.4, 0.5) is 24.7 Å². The lowest BCUT2D eigenvalue weighted by molar-refractivity contribution is -0.137. The number of aromatic nitrogens is 2.